The van der Waals surface area contributed by atoms with Crippen LogP contribution in [0.1, 0.15) is 11.1 Å². The van der Waals surface area contributed by atoms with E-state index in [2.05, 4.69) is 35.0 Å². The highest BCUT2D eigenvalue weighted by atomic mass is 35.5. The average molecular weight is 319 g/mol. The normalized spacial score (nSPS) is 11.2. The van der Waals surface area contributed by atoms with Crippen LogP contribution in [-0.4, -0.2) is 11.1 Å². The van der Waals surface area contributed by atoms with Gasteiger partial charge in [-0.2, -0.15) is 0 Å². The number of fused-ring (bicyclic) bond motifs is 1. The zero-order valence-corrected chi connectivity index (χ0v) is 13.0. The number of hydrogen-bond donors (Lipinski definition) is 1. The van der Waals surface area contributed by atoms with Crippen molar-refractivity contribution in [3.05, 3.63) is 69.8 Å². The molecule has 2 nitrogen and oxygen atoms in total. The lowest BCUT2D eigenvalue weighted by Crippen LogP contribution is -2.02. The van der Waals surface area contributed by atoms with Crippen LogP contribution in [0.2, 0.25) is 10.0 Å². The summed E-state index contributed by atoms with van der Waals surface area (Å²) in [5.74, 6) is 0. The van der Waals surface area contributed by atoms with Gasteiger partial charge in [0.25, 0.3) is 0 Å². The number of aromatic nitrogens is 1. The molecule has 0 spiro atoms. The van der Waals surface area contributed by atoms with E-state index >= 15 is 0 Å². The second kappa shape index (κ2) is 6.10. The number of nitrogens with zero attached hydrogens (tertiary/aromatic N) is 1. The Hall–Kier alpha value is -1.48. The van der Waals surface area contributed by atoms with Crippen LogP contribution in [0.25, 0.3) is 10.9 Å². The lowest BCUT2D eigenvalue weighted by molar-refractivity contribution is 0.836. The molecule has 0 unspecified atom stereocenters. The predicted molar refractivity (Wildman–Crippen MR) is 90.3 cm³/mol. The quantitative estimate of drug-likeness (QED) is 0.754. The molecule has 0 bridgehead atoms. The summed E-state index contributed by atoms with van der Waals surface area (Å²) in [5.41, 5.74) is 9.23. The molecule has 0 aliphatic carbocycles. The fourth-order valence-electron chi connectivity index (χ4n) is 2.54. The number of nitrogens with two attached hydrogens (primary N) is 1. The van der Waals surface area contributed by atoms with Crippen LogP contribution in [0.15, 0.2) is 48.7 Å². The molecule has 0 aliphatic heterocycles. The van der Waals surface area contributed by atoms with Gasteiger partial charge in [-0.25, -0.2) is 0 Å². The molecule has 0 aliphatic rings. The van der Waals surface area contributed by atoms with Crippen LogP contribution in [-0.2, 0) is 13.0 Å². The van der Waals surface area contributed by atoms with Gasteiger partial charge in [0.05, 0.1) is 10.0 Å². The molecular weight excluding hydrogens is 303 g/mol. The summed E-state index contributed by atoms with van der Waals surface area (Å²) in [6.45, 7) is 1.45. The molecule has 0 saturated carbocycles. The van der Waals surface area contributed by atoms with Crippen LogP contribution in [0.4, 0.5) is 0 Å². The van der Waals surface area contributed by atoms with Crippen LogP contribution >= 0.6 is 23.2 Å². The fourth-order valence-corrected chi connectivity index (χ4v) is 2.87. The van der Waals surface area contributed by atoms with Crippen molar-refractivity contribution in [3.63, 3.8) is 0 Å². The van der Waals surface area contributed by atoms with Crippen molar-refractivity contribution >= 4 is 34.1 Å². The highest BCUT2D eigenvalue weighted by molar-refractivity contribution is 6.42. The number of hydrogen-bond acceptors (Lipinski definition) is 1. The van der Waals surface area contributed by atoms with E-state index < -0.39 is 0 Å². The summed E-state index contributed by atoms with van der Waals surface area (Å²) in [6, 6.07) is 14.4. The van der Waals surface area contributed by atoms with Gasteiger partial charge in [0.15, 0.2) is 0 Å². The topological polar surface area (TPSA) is 30.9 Å². The Balaban J connectivity index is 1.91. The molecule has 3 rings (SSSR count). The minimum atomic E-state index is 0.587. The van der Waals surface area contributed by atoms with E-state index in [1.807, 2.05) is 18.2 Å². The minimum Gasteiger partial charge on any atom is -0.343 e. The smallest absolute Gasteiger partial charge is 0.0595 e. The van der Waals surface area contributed by atoms with Crippen LogP contribution in [0.3, 0.4) is 0 Å². The average Bonchev–Trinajstić information content (AvgIpc) is 2.86. The van der Waals surface area contributed by atoms with Gasteiger partial charge < -0.3 is 10.3 Å². The van der Waals surface area contributed by atoms with Crippen molar-refractivity contribution in [2.75, 3.05) is 6.54 Å². The minimum absolute atomic E-state index is 0.587. The van der Waals surface area contributed by atoms with Gasteiger partial charge in [-0.05, 0) is 59.8 Å². The largest absolute Gasteiger partial charge is 0.343 e. The van der Waals surface area contributed by atoms with Crippen molar-refractivity contribution < 1.29 is 0 Å². The molecule has 0 saturated heterocycles. The molecule has 2 N–H and O–H groups in total. The highest BCUT2D eigenvalue weighted by Gasteiger charge is 2.05. The molecule has 21 heavy (non-hydrogen) atoms. The molecule has 0 fully saturated rings. The van der Waals surface area contributed by atoms with E-state index in [1.54, 1.807) is 0 Å². The Labute approximate surface area is 134 Å². The van der Waals surface area contributed by atoms with E-state index in [0.717, 1.165) is 18.5 Å². The zero-order chi connectivity index (χ0) is 14.8. The van der Waals surface area contributed by atoms with Crippen molar-refractivity contribution in [1.29, 1.82) is 0 Å². The van der Waals surface area contributed by atoms with Crippen molar-refractivity contribution in [2.45, 2.75) is 13.0 Å². The van der Waals surface area contributed by atoms with Gasteiger partial charge >= 0.3 is 0 Å². The first-order chi connectivity index (χ1) is 10.2. The van der Waals surface area contributed by atoms with Gasteiger partial charge in [0.1, 0.15) is 0 Å². The molecule has 4 heteroatoms. The van der Waals surface area contributed by atoms with Crippen LogP contribution in [0, 0.1) is 0 Å². The maximum Gasteiger partial charge on any atom is 0.0595 e. The van der Waals surface area contributed by atoms with Gasteiger partial charge in [0, 0.05) is 18.3 Å². The first-order valence-electron chi connectivity index (χ1n) is 6.89. The zero-order valence-electron chi connectivity index (χ0n) is 11.5. The molecule has 0 radical (unpaired) electrons. The molecule has 2 aromatic carbocycles. The molecule has 0 amide bonds. The Morgan fingerprint density at radius 2 is 1.71 bits per heavy atom. The maximum atomic E-state index is 6.07. The van der Waals surface area contributed by atoms with E-state index in [9.17, 15) is 0 Å². The van der Waals surface area contributed by atoms with Gasteiger partial charge in [-0.3, -0.25) is 0 Å². The number of rotatable bonds is 4. The summed E-state index contributed by atoms with van der Waals surface area (Å²) >= 11 is 12.0. The SMILES string of the molecule is NCCc1ccc2c(ccn2Cc2ccc(Cl)c(Cl)c2)c1. The lowest BCUT2D eigenvalue weighted by atomic mass is 10.1. The third-order valence-electron chi connectivity index (χ3n) is 3.61. The molecular formula is C17H16Cl2N2. The molecule has 1 heterocycles. The molecule has 108 valence electrons. The second-order valence-electron chi connectivity index (χ2n) is 5.12. The number of halogens is 2. The van der Waals surface area contributed by atoms with E-state index in [0.29, 0.717) is 16.6 Å². The fraction of sp³-hybridized carbons (Fsp3) is 0.176. The third kappa shape index (κ3) is 3.08. The summed E-state index contributed by atoms with van der Waals surface area (Å²) < 4.78 is 2.21. The van der Waals surface area contributed by atoms with Crippen molar-refractivity contribution in [2.24, 2.45) is 5.73 Å². The summed E-state index contributed by atoms with van der Waals surface area (Å²) in [6.07, 6.45) is 3.01. The predicted octanol–water partition coefficient (Wildman–Crippen LogP) is 4.50. The van der Waals surface area contributed by atoms with Crippen LogP contribution in [0.5, 0.6) is 0 Å². The standard InChI is InChI=1S/C17H16Cl2N2/c18-15-3-1-13(10-16(15)19)11-21-8-6-14-9-12(5-7-20)2-4-17(14)21/h1-4,6,8-10H,5,7,11,20H2. The highest BCUT2D eigenvalue weighted by Crippen LogP contribution is 2.24. The van der Waals surface area contributed by atoms with Crippen molar-refractivity contribution in [1.82, 2.24) is 4.57 Å². The van der Waals surface area contributed by atoms with Gasteiger partial charge in [-0.15, -0.1) is 0 Å². The molecule has 3 aromatic rings. The summed E-state index contributed by atoms with van der Waals surface area (Å²) in [7, 11) is 0. The van der Waals surface area contributed by atoms with Gasteiger partial charge in [0.2, 0.25) is 0 Å². The van der Waals surface area contributed by atoms with E-state index in [1.165, 1.54) is 16.5 Å². The Morgan fingerprint density at radius 3 is 2.48 bits per heavy atom. The Morgan fingerprint density at radius 1 is 0.905 bits per heavy atom. The lowest BCUT2D eigenvalue weighted by Gasteiger charge is -2.07. The van der Waals surface area contributed by atoms with Crippen molar-refractivity contribution in [3.8, 4) is 0 Å². The van der Waals surface area contributed by atoms with Crippen LogP contribution < -0.4 is 5.73 Å². The molecule has 1 aromatic heterocycles. The Kier molecular flexibility index (Phi) is 4.20. The summed E-state index contributed by atoms with van der Waals surface area (Å²) in [4.78, 5) is 0. The second-order valence-corrected chi connectivity index (χ2v) is 5.94. The van der Waals surface area contributed by atoms with E-state index in [4.69, 9.17) is 28.9 Å². The Bertz CT molecular complexity index is 778. The first kappa shape index (κ1) is 14.5. The first-order valence-corrected chi connectivity index (χ1v) is 7.65. The third-order valence-corrected chi connectivity index (χ3v) is 4.34. The molecule has 0 atom stereocenters. The van der Waals surface area contributed by atoms with E-state index in [-0.39, 0.29) is 0 Å². The monoisotopic (exact) mass is 318 g/mol. The summed E-state index contributed by atoms with van der Waals surface area (Å²) in [5, 5.41) is 2.42. The maximum absolute atomic E-state index is 6.07. The number of benzene rings is 2. The van der Waals surface area contributed by atoms with Gasteiger partial charge in [-0.1, -0.05) is 35.3 Å².